The van der Waals surface area contributed by atoms with Crippen LogP contribution in [0.4, 0.5) is 0 Å². The molecule has 3 aromatic rings. The Hall–Kier alpha value is -3.15. The number of carbonyl (C=O) groups is 2. The fourth-order valence-electron chi connectivity index (χ4n) is 4.82. The van der Waals surface area contributed by atoms with E-state index in [1.165, 1.54) is 19.3 Å². The van der Waals surface area contributed by atoms with Crippen LogP contribution in [0.3, 0.4) is 0 Å². The normalized spacial score (nSPS) is 15.3. The topological polar surface area (TPSA) is 67.2 Å². The van der Waals surface area contributed by atoms with Crippen LogP contribution in [0, 0.1) is 0 Å². The number of rotatable bonds is 8. The Kier molecular flexibility index (Phi) is 7.43. The van der Waals surface area contributed by atoms with Crippen molar-refractivity contribution in [2.75, 3.05) is 0 Å². The van der Waals surface area contributed by atoms with Crippen molar-refractivity contribution in [1.82, 2.24) is 19.8 Å². The van der Waals surface area contributed by atoms with Gasteiger partial charge in [0.2, 0.25) is 11.8 Å². The fraction of sp³-hybridized carbons (Fsp3) is 0.444. The second kappa shape index (κ2) is 10.6. The second-order valence-corrected chi connectivity index (χ2v) is 8.99. The van der Waals surface area contributed by atoms with Gasteiger partial charge in [-0.15, -0.1) is 0 Å². The van der Waals surface area contributed by atoms with Crippen LogP contribution in [0.15, 0.2) is 54.6 Å². The highest BCUT2D eigenvalue weighted by molar-refractivity contribution is 5.82. The number of amides is 2. The second-order valence-electron chi connectivity index (χ2n) is 8.99. The van der Waals surface area contributed by atoms with Crippen LogP contribution >= 0.6 is 0 Å². The molecule has 1 unspecified atom stereocenters. The standard InChI is InChI=1S/C27H34N4O2/c1-3-25(32)28-20(2)27-29-23-16-10-11-17-24(23)31(27)19-26(33)30(22-14-8-5-9-15-22)18-21-12-6-4-7-13-21/h4,6-7,10-13,16-17,20,22H,3,5,8-9,14-15,18-19H2,1-2H3,(H,28,32). The molecule has 0 spiro atoms. The first-order valence-corrected chi connectivity index (χ1v) is 12.1. The average Bonchev–Trinajstić information content (AvgIpc) is 3.22. The summed E-state index contributed by atoms with van der Waals surface area (Å²) in [5, 5.41) is 3.01. The van der Waals surface area contributed by atoms with Gasteiger partial charge < -0.3 is 14.8 Å². The van der Waals surface area contributed by atoms with E-state index in [4.69, 9.17) is 4.98 Å². The molecule has 174 valence electrons. The predicted molar refractivity (Wildman–Crippen MR) is 130 cm³/mol. The number of nitrogens with zero attached hydrogens (tertiary/aromatic N) is 3. The van der Waals surface area contributed by atoms with Gasteiger partial charge >= 0.3 is 0 Å². The molecule has 1 atom stereocenters. The van der Waals surface area contributed by atoms with E-state index in [0.29, 0.717) is 13.0 Å². The highest BCUT2D eigenvalue weighted by atomic mass is 16.2. The number of imidazole rings is 1. The Labute approximate surface area is 196 Å². The molecule has 0 bridgehead atoms. The van der Waals surface area contributed by atoms with Crippen molar-refractivity contribution in [2.45, 2.75) is 77.5 Å². The number of nitrogens with one attached hydrogen (secondary N) is 1. The number of aromatic nitrogens is 2. The highest BCUT2D eigenvalue weighted by Crippen LogP contribution is 2.26. The zero-order chi connectivity index (χ0) is 23.2. The van der Waals surface area contributed by atoms with Crippen molar-refractivity contribution in [3.8, 4) is 0 Å². The fourth-order valence-corrected chi connectivity index (χ4v) is 4.82. The average molecular weight is 447 g/mol. The molecule has 6 heteroatoms. The molecule has 1 heterocycles. The zero-order valence-electron chi connectivity index (χ0n) is 19.7. The summed E-state index contributed by atoms with van der Waals surface area (Å²) in [5.41, 5.74) is 2.91. The number of hydrogen-bond donors (Lipinski definition) is 1. The molecule has 0 aliphatic heterocycles. The summed E-state index contributed by atoms with van der Waals surface area (Å²) in [6.07, 6.45) is 6.11. The minimum absolute atomic E-state index is 0.0275. The van der Waals surface area contributed by atoms with E-state index in [1.54, 1.807) is 0 Å². The molecule has 2 amide bonds. The van der Waals surface area contributed by atoms with Gasteiger partial charge in [0.05, 0.1) is 17.1 Å². The van der Waals surface area contributed by atoms with E-state index < -0.39 is 0 Å². The number of benzene rings is 2. The van der Waals surface area contributed by atoms with Gasteiger partial charge in [0.1, 0.15) is 12.4 Å². The minimum atomic E-state index is -0.282. The first kappa shape index (κ1) is 23.0. The van der Waals surface area contributed by atoms with Gasteiger partial charge in [-0.25, -0.2) is 4.98 Å². The molecule has 2 aromatic carbocycles. The lowest BCUT2D eigenvalue weighted by Gasteiger charge is -2.35. The highest BCUT2D eigenvalue weighted by Gasteiger charge is 2.27. The maximum atomic E-state index is 13.8. The van der Waals surface area contributed by atoms with Crippen LogP contribution in [-0.4, -0.2) is 32.3 Å². The number of carbonyl (C=O) groups excluding carboxylic acids is 2. The molecular formula is C27H34N4O2. The third kappa shape index (κ3) is 5.44. The summed E-state index contributed by atoms with van der Waals surface area (Å²) in [5.74, 6) is 0.791. The lowest BCUT2D eigenvalue weighted by atomic mass is 9.93. The number of fused-ring (bicyclic) bond motifs is 1. The Bertz CT molecular complexity index is 1090. The van der Waals surface area contributed by atoms with Crippen molar-refractivity contribution in [2.24, 2.45) is 0 Å². The lowest BCUT2D eigenvalue weighted by molar-refractivity contribution is -0.135. The van der Waals surface area contributed by atoms with Crippen molar-refractivity contribution in [3.05, 3.63) is 66.0 Å². The molecule has 1 aliphatic rings. The van der Waals surface area contributed by atoms with Gasteiger partial charge in [-0.1, -0.05) is 68.7 Å². The molecule has 4 rings (SSSR count). The Morgan fingerprint density at radius 2 is 1.76 bits per heavy atom. The molecule has 1 N–H and O–H groups in total. The van der Waals surface area contributed by atoms with E-state index in [-0.39, 0.29) is 30.4 Å². The van der Waals surface area contributed by atoms with Crippen molar-refractivity contribution in [3.63, 3.8) is 0 Å². The smallest absolute Gasteiger partial charge is 0.243 e. The molecule has 1 fully saturated rings. The predicted octanol–water partition coefficient (Wildman–Crippen LogP) is 4.99. The van der Waals surface area contributed by atoms with Crippen LogP contribution in [0.25, 0.3) is 11.0 Å². The van der Waals surface area contributed by atoms with E-state index >= 15 is 0 Å². The van der Waals surface area contributed by atoms with Crippen molar-refractivity contribution >= 4 is 22.8 Å². The summed E-state index contributed by atoms with van der Waals surface area (Å²) in [4.78, 5) is 32.7. The van der Waals surface area contributed by atoms with Crippen molar-refractivity contribution < 1.29 is 9.59 Å². The van der Waals surface area contributed by atoms with Crippen molar-refractivity contribution in [1.29, 1.82) is 0 Å². The minimum Gasteiger partial charge on any atom is -0.346 e. The molecule has 0 radical (unpaired) electrons. The van der Waals surface area contributed by atoms with Gasteiger partial charge in [-0.2, -0.15) is 0 Å². The molecule has 0 saturated heterocycles. The lowest BCUT2D eigenvalue weighted by Crippen LogP contribution is -2.43. The molecule has 6 nitrogen and oxygen atoms in total. The summed E-state index contributed by atoms with van der Waals surface area (Å²) >= 11 is 0. The first-order chi connectivity index (χ1) is 16.1. The third-order valence-corrected chi connectivity index (χ3v) is 6.59. The van der Waals surface area contributed by atoms with Gasteiger partial charge in [-0.3, -0.25) is 9.59 Å². The summed E-state index contributed by atoms with van der Waals surface area (Å²) in [7, 11) is 0. The largest absolute Gasteiger partial charge is 0.346 e. The molecule has 33 heavy (non-hydrogen) atoms. The molecule has 1 aromatic heterocycles. The zero-order valence-corrected chi connectivity index (χ0v) is 19.7. The SMILES string of the molecule is CCC(=O)NC(C)c1nc2ccccc2n1CC(=O)N(Cc1ccccc1)C1CCCCC1. The van der Waals surface area contributed by atoms with Crippen LogP contribution < -0.4 is 5.32 Å². The van der Waals surface area contributed by atoms with Gasteiger partial charge in [0.15, 0.2) is 0 Å². The first-order valence-electron chi connectivity index (χ1n) is 12.1. The summed E-state index contributed by atoms with van der Waals surface area (Å²) in [6, 6.07) is 18.1. The van der Waals surface area contributed by atoms with E-state index in [2.05, 4.69) is 22.3 Å². The Morgan fingerprint density at radius 3 is 2.48 bits per heavy atom. The molecule has 1 aliphatic carbocycles. The molecular weight excluding hydrogens is 412 g/mol. The molecule has 1 saturated carbocycles. The monoisotopic (exact) mass is 446 g/mol. The number of para-hydroxylation sites is 2. The quantitative estimate of drug-likeness (QED) is 0.530. The van der Waals surface area contributed by atoms with Gasteiger partial charge in [0, 0.05) is 19.0 Å². The van der Waals surface area contributed by atoms with E-state index in [0.717, 1.165) is 35.3 Å². The van der Waals surface area contributed by atoms with Crippen LogP contribution in [0.2, 0.25) is 0 Å². The maximum absolute atomic E-state index is 13.8. The van der Waals surface area contributed by atoms with Crippen LogP contribution in [0.5, 0.6) is 0 Å². The maximum Gasteiger partial charge on any atom is 0.243 e. The summed E-state index contributed by atoms with van der Waals surface area (Å²) < 4.78 is 1.99. The van der Waals surface area contributed by atoms with E-state index in [1.807, 2.05) is 60.9 Å². The van der Waals surface area contributed by atoms with Crippen LogP contribution in [0.1, 0.15) is 69.8 Å². The summed E-state index contributed by atoms with van der Waals surface area (Å²) in [6.45, 7) is 4.60. The Balaban J connectivity index is 1.64. The third-order valence-electron chi connectivity index (χ3n) is 6.59. The Morgan fingerprint density at radius 1 is 1.06 bits per heavy atom. The van der Waals surface area contributed by atoms with Gasteiger partial charge in [0.25, 0.3) is 0 Å². The van der Waals surface area contributed by atoms with Gasteiger partial charge in [-0.05, 0) is 37.5 Å². The van der Waals surface area contributed by atoms with Crippen LogP contribution in [-0.2, 0) is 22.7 Å². The van der Waals surface area contributed by atoms with E-state index in [9.17, 15) is 9.59 Å². The number of hydrogen-bond acceptors (Lipinski definition) is 3.